The van der Waals surface area contributed by atoms with E-state index in [1.54, 1.807) is 24.3 Å². The quantitative estimate of drug-likeness (QED) is 0.707. The average molecular weight is 396 g/mol. The van der Waals surface area contributed by atoms with E-state index in [-0.39, 0.29) is 16.3 Å². The Morgan fingerprint density at radius 1 is 1.00 bits per heavy atom. The van der Waals surface area contributed by atoms with Crippen LogP contribution in [0.25, 0.3) is 16.9 Å². The molecule has 10 heteroatoms. The van der Waals surface area contributed by atoms with Gasteiger partial charge in [0, 0.05) is 12.1 Å². The van der Waals surface area contributed by atoms with Crippen molar-refractivity contribution >= 4 is 10.0 Å². The Morgan fingerprint density at radius 3 is 2.07 bits per heavy atom. The topological polar surface area (TPSA) is 104 Å². The summed E-state index contributed by atoms with van der Waals surface area (Å²) < 4.78 is 63.7. The number of benzene rings is 2. The molecule has 142 valence electrons. The maximum Gasteiger partial charge on any atom is 0.433 e. The maximum atomic E-state index is 13.5. The zero-order valence-electron chi connectivity index (χ0n) is 13.8. The summed E-state index contributed by atoms with van der Waals surface area (Å²) in [7, 11) is -3.95. The smallest absolute Gasteiger partial charge is 0.326 e. The molecule has 3 rings (SSSR count). The molecule has 0 unspecified atom stereocenters. The maximum absolute atomic E-state index is 13.5. The predicted molar refractivity (Wildman–Crippen MR) is 93.3 cm³/mol. The zero-order valence-corrected chi connectivity index (χ0v) is 14.6. The highest BCUT2D eigenvalue weighted by Gasteiger charge is 2.36. The molecular formula is C17H15F3N4O2S. The molecule has 0 fully saturated rings. The van der Waals surface area contributed by atoms with Crippen molar-refractivity contribution in [1.82, 2.24) is 9.78 Å². The number of nitrogens with zero attached hydrogens (tertiary/aromatic N) is 2. The summed E-state index contributed by atoms with van der Waals surface area (Å²) in [6.07, 6.45) is -4.65. The van der Waals surface area contributed by atoms with E-state index in [9.17, 15) is 21.6 Å². The van der Waals surface area contributed by atoms with Gasteiger partial charge in [-0.1, -0.05) is 24.3 Å². The predicted octanol–water partition coefficient (Wildman–Crippen LogP) is 2.66. The van der Waals surface area contributed by atoms with Gasteiger partial charge in [0.05, 0.1) is 16.3 Å². The van der Waals surface area contributed by atoms with Gasteiger partial charge in [-0.2, -0.15) is 18.3 Å². The Hall–Kier alpha value is -2.69. The molecule has 0 aliphatic carbocycles. The molecular weight excluding hydrogens is 381 g/mol. The fourth-order valence-electron chi connectivity index (χ4n) is 2.51. The highest BCUT2D eigenvalue weighted by atomic mass is 32.2. The molecule has 0 bridgehead atoms. The third kappa shape index (κ3) is 4.02. The van der Waals surface area contributed by atoms with Crippen LogP contribution < -0.4 is 10.9 Å². The minimum Gasteiger partial charge on any atom is -0.326 e. The van der Waals surface area contributed by atoms with Gasteiger partial charge in [-0.05, 0) is 35.9 Å². The molecule has 0 spiro atoms. The molecule has 3 aromatic rings. The van der Waals surface area contributed by atoms with E-state index >= 15 is 0 Å². The summed E-state index contributed by atoms with van der Waals surface area (Å²) in [4.78, 5) is -0.204. The summed E-state index contributed by atoms with van der Waals surface area (Å²) >= 11 is 0. The van der Waals surface area contributed by atoms with E-state index in [1.165, 1.54) is 12.1 Å². The molecule has 0 atom stereocenters. The van der Waals surface area contributed by atoms with Crippen LogP contribution in [0.5, 0.6) is 0 Å². The largest absolute Gasteiger partial charge is 0.433 e. The summed E-state index contributed by atoms with van der Waals surface area (Å²) in [5.41, 5.74) is 6.06. The number of halogens is 3. The first-order chi connectivity index (χ1) is 12.6. The standard InChI is InChI=1S/C17H15F3N4O2S/c18-17(19,20)16-9-15(12-3-1-11(10-21)2-4-12)23-24(16)13-5-7-14(8-6-13)27(22,25)26/h1-9H,10,21H2,(H2,22,25,26). The van der Waals surface area contributed by atoms with Crippen molar-refractivity contribution in [2.45, 2.75) is 17.6 Å². The third-order valence-corrected chi connectivity index (χ3v) is 4.82. The van der Waals surface area contributed by atoms with Crippen molar-refractivity contribution in [3.63, 3.8) is 0 Å². The first kappa shape index (κ1) is 19.1. The molecule has 6 nitrogen and oxygen atoms in total. The summed E-state index contributed by atoms with van der Waals surface area (Å²) in [6.45, 7) is 0.318. The third-order valence-electron chi connectivity index (χ3n) is 3.90. The lowest BCUT2D eigenvalue weighted by Gasteiger charge is -2.10. The van der Waals surface area contributed by atoms with Gasteiger partial charge in [-0.15, -0.1) is 0 Å². The van der Waals surface area contributed by atoms with Gasteiger partial charge in [0.25, 0.3) is 0 Å². The molecule has 0 saturated heterocycles. The van der Waals surface area contributed by atoms with Gasteiger partial charge in [-0.3, -0.25) is 0 Å². The van der Waals surface area contributed by atoms with Crippen molar-refractivity contribution < 1.29 is 21.6 Å². The summed E-state index contributed by atoms with van der Waals surface area (Å²) in [5, 5.41) is 9.06. The van der Waals surface area contributed by atoms with E-state index in [0.717, 1.165) is 28.4 Å². The van der Waals surface area contributed by atoms with Crippen LogP contribution in [0.1, 0.15) is 11.3 Å². The Morgan fingerprint density at radius 2 is 1.59 bits per heavy atom. The van der Waals surface area contributed by atoms with Crippen LogP contribution in [0.2, 0.25) is 0 Å². The van der Waals surface area contributed by atoms with Crippen LogP contribution in [0.3, 0.4) is 0 Å². The van der Waals surface area contributed by atoms with E-state index < -0.39 is 21.9 Å². The monoisotopic (exact) mass is 396 g/mol. The number of hydrogen-bond donors (Lipinski definition) is 2. The van der Waals surface area contributed by atoms with E-state index in [0.29, 0.717) is 12.1 Å². The van der Waals surface area contributed by atoms with Crippen molar-refractivity contribution in [2.75, 3.05) is 0 Å². The number of hydrogen-bond acceptors (Lipinski definition) is 4. The Labute approximate surface area is 153 Å². The fourth-order valence-corrected chi connectivity index (χ4v) is 3.02. The summed E-state index contributed by atoms with van der Waals surface area (Å²) in [6, 6.07) is 12.3. The number of primary sulfonamides is 1. The Bertz CT molecular complexity index is 1060. The highest BCUT2D eigenvalue weighted by molar-refractivity contribution is 7.89. The van der Waals surface area contributed by atoms with Gasteiger partial charge in [0.15, 0.2) is 0 Å². The molecule has 1 aromatic heterocycles. The second-order valence-electron chi connectivity index (χ2n) is 5.76. The van der Waals surface area contributed by atoms with Crippen LogP contribution >= 0.6 is 0 Å². The molecule has 0 saturated carbocycles. The zero-order chi connectivity index (χ0) is 19.8. The molecule has 27 heavy (non-hydrogen) atoms. The normalized spacial score (nSPS) is 12.3. The van der Waals surface area contributed by atoms with Crippen molar-refractivity contribution in [3.8, 4) is 16.9 Å². The highest BCUT2D eigenvalue weighted by Crippen LogP contribution is 2.34. The SMILES string of the molecule is NCc1ccc(-c2cc(C(F)(F)F)n(-c3ccc(S(N)(=O)=O)cc3)n2)cc1. The minimum atomic E-state index is -4.65. The molecule has 0 radical (unpaired) electrons. The number of rotatable bonds is 4. The molecule has 4 N–H and O–H groups in total. The number of sulfonamides is 1. The lowest BCUT2D eigenvalue weighted by molar-refractivity contribution is -0.142. The number of aromatic nitrogens is 2. The molecule has 1 heterocycles. The van der Waals surface area contributed by atoms with Gasteiger partial charge >= 0.3 is 6.18 Å². The Kier molecular flexibility index (Phi) is 4.81. The van der Waals surface area contributed by atoms with Crippen LogP contribution in [-0.2, 0) is 22.7 Å². The first-order valence-corrected chi connectivity index (χ1v) is 9.24. The van der Waals surface area contributed by atoms with Gasteiger partial charge < -0.3 is 5.73 Å². The van der Waals surface area contributed by atoms with Crippen LogP contribution in [0.4, 0.5) is 13.2 Å². The molecule has 0 aliphatic rings. The molecule has 0 aliphatic heterocycles. The number of alkyl halides is 3. The van der Waals surface area contributed by atoms with E-state index in [2.05, 4.69) is 5.10 Å². The van der Waals surface area contributed by atoms with Crippen molar-refractivity contribution in [3.05, 3.63) is 65.9 Å². The van der Waals surface area contributed by atoms with Gasteiger partial charge in [0.2, 0.25) is 10.0 Å². The molecule has 0 amide bonds. The van der Waals surface area contributed by atoms with Crippen LogP contribution in [-0.4, -0.2) is 18.2 Å². The van der Waals surface area contributed by atoms with Crippen LogP contribution in [0, 0.1) is 0 Å². The first-order valence-electron chi connectivity index (χ1n) is 7.69. The lowest BCUT2D eigenvalue weighted by atomic mass is 10.1. The summed E-state index contributed by atoms with van der Waals surface area (Å²) in [5.74, 6) is 0. The van der Waals surface area contributed by atoms with Gasteiger partial charge in [-0.25, -0.2) is 18.2 Å². The van der Waals surface area contributed by atoms with Crippen LogP contribution in [0.15, 0.2) is 59.5 Å². The van der Waals surface area contributed by atoms with E-state index in [1.807, 2.05) is 0 Å². The second kappa shape index (κ2) is 6.80. The number of nitrogens with two attached hydrogens (primary N) is 2. The fraction of sp³-hybridized carbons (Fsp3) is 0.118. The second-order valence-corrected chi connectivity index (χ2v) is 7.33. The van der Waals surface area contributed by atoms with Crippen molar-refractivity contribution in [1.29, 1.82) is 0 Å². The average Bonchev–Trinajstić information content (AvgIpc) is 3.07. The lowest BCUT2D eigenvalue weighted by Crippen LogP contribution is -2.14. The Balaban J connectivity index is 2.10. The minimum absolute atomic E-state index is 0.0551. The molecule has 2 aromatic carbocycles. The van der Waals surface area contributed by atoms with Gasteiger partial charge in [0.1, 0.15) is 5.69 Å². The van der Waals surface area contributed by atoms with E-state index in [4.69, 9.17) is 10.9 Å². The van der Waals surface area contributed by atoms with Crippen molar-refractivity contribution in [2.24, 2.45) is 10.9 Å².